The number of nitrogens with zero attached hydrogens (tertiary/aromatic N) is 4. The van der Waals surface area contributed by atoms with E-state index >= 15 is 0 Å². The fourth-order valence-corrected chi connectivity index (χ4v) is 5.00. The van der Waals surface area contributed by atoms with Gasteiger partial charge in [-0.3, -0.25) is 9.59 Å². The summed E-state index contributed by atoms with van der Waals surface area (Å²) in [5.74, 6) is -3.23. The highest BCUT2D eigenvalue weighted by Crippen LogP contribution is 2.37. The van der Waals surface area contributed by atoms with E-state index in [9.17, 15) is 27.9 Å². The van der Waals surface area contributed by atoms with Crippen LogP contribution in [0.4, 0.5) is 13.2 Å². The molecule has 39 heavy (non-hydrogen) atoms. The minimum atomic E-state index is -4.78. The van der Waals surface area contributed by atoms with E-state index in [1.807, 2.05) is 4.90 Å². The van der Waals surface area contributed by atoms with Crippen LogP contribution in [0.5, 0.6) is 0 Å². The van der Waals surface area contributed by atoms with Crippen molar-refractivity contribution in [3.8, 4) is 11.4 Å². The van der Waals surface area contributed by atoms with Crippen molar-refractivity contribution in [3.05, 3.63) is 76.0 Å². The first kappa shape index (κ1) is 26.5. The molecule has 1 aliphatic heterocycles. The third kappa shape index (κ3) is 5.68. The van der Waals surface area contributed by atoms with Crippen LogP contribution >= 0.6 is 0 Å². The maximum Gasteiger partial charge on any atom is 0.471 e. The zero-order valence-electron chi connectivity index (χ0n) is 20.8. The molecule has 1 aliphatic rings. The Morgan fingerprint density at radius 2 is 2.08 bits per heavy atom. The highest BCUT2D eigenvalue weighted by molar-refractivity contribution is 5.86. The number of benzene rings is 2. The lowest BCUT2D eigenvalue weighted by molar-refractivity contribution is -0.159. The number of aromatic amines is 1. The number of alkyl halides is 3. The fraction of sp³-hybridized carbons (Fsp3) is 0.346. The molecule has 3 N–H and O–H groups in total. The van der Waals surface area contributed by atoms with Gasteiger partial charge in [-0.25, -0.2) is 4.98 Å². The topological polar surface area (TPSA) is 137 Å². The Morgan fingerprint density at radius 3 is 2.77 bits per heavy atom. The van der Waals surface area contributed by atoms with Crippen molar-refractivity contribution >= 4 is 16.9 Å². The molecule has 0 bridgehead atoms. The third-order valence-corrected chi connectivity index (χ3v) is 6.83. The predicted octanol–water partition coefficient (Wildman–Crippen LogP) is 2.67. The number of likely N-dealkylation sites (N-methyl/N-ethyl adjacent to an activating group) is 1. The zero-order chi connectivity index (χ0) is 27.7. The number of hydrogen-bond donors (Lipinski definition) is 3. The van der Waals surface area contributed by atoms with E-state index < -0.39 is 30.0 Å². The van der Waals surface area contributed by atoms with Gasteiger partial charge in [-0.15, -0.1) is 0 Å². The Morgan fingerprint density at radius 1 is 1.26 bits per heavy atom. The molecule has 0 radical (unpaired) electrons. The highest BCUT2D eigenvalue weighted by Gasteiger charge is 2.39. The van der Waals surface area contributed by atoms with Crippen LogP contribution in [0.1, 0.15) is 35.3 Å². The van der Waals surface area contributed by atoms with Gasteiger partial charge in [0.1, 0.15) is 0 Å². The molecule has 3 heterocycles. The second kappa shape index (κ2) is 10.6. The van der Waals surface area contributed by atoms with Crippen molar-refractivity contribution in [1.29, 1.82) is 0 Å². The van der Waals surface area contributed by atoms with Crippen LogP contribution in [0, 0.1) is 0 Å². The van der Waals surface area contributed by atoms with Crippen molar-refractivity contribution in [2.45, 2.75) is 30.5 Å². The second-order valence-corrected chi connectivity index (χ2v) is 9.47. The molecular formula is C26H25F3N6O4. The molecule has 1 amide bonds. The molecular weight excluding hydrogens is 517 g/mol. The van der Waals surface area contributed by atoms with Crippen LogP contribution in [0.2, 0.25) is 0 Å². The summed E-state index contributed by atoms with van der Waals surface area (Å²) in [6, 6.07) is 11.8. The van der Waals surface area contributed by atoms with E-state index in [-0.39, 0.29) is 17.3 Å². The fourth-order valence-electron chi connectivity index (χ4n) is 5.00. The van der Waals surface area contributed by atoms with Gasteiger partial charge in [-0.2, -0.15) is 18.2 Å². The van der Waals surface area contributed by atoms with Crippen LogP contribution in [0.3, 0.4) is 0 Å². The Hall–Kier alpha value is -4.10. The predicted molar refractivity (Wildman–Crippen MR) is 134 cm³/mol. The summed E-state index contributed by atoms with van der Waals surface area (Å²) in [5, 5.41) is 16.3. The third-order valence-electron chi connectivity index (χ3n) is 6.83. The SMILES string of the molecule is CNC(=O)C(c1ccc2ncc(=O)[nH]c2c1)[C@H](CN1CC[C@H](O)C1)c1cccc(-c2noc(C(F)(F)F)n2)c1. The number of likely N-dealkylation sites (tertiary alicyclic amines) is 1. The summed E-state index contributed by atoms with van der Waals surface area (Å²) in [5.41, 5.74) is 2.18. The van der Waals surface area contributed by atoms with E-state index in [0.29, 0.717) is 53.8 Å². The van der Waals surface area contributed by atoms with Crippen LogP contribution < -0.4 is 10.9 Å². The number of carbonyl (C=O) groups excluding carboxylic acids is 1. The molecule has 1 fully saturated rings. The summed E-state index contributed by atoms with van der Waals surface area (Å²) in [7, 11) is 1.52. The minimum Gasteiger partial charge on any atom is -0.392 e. The molecule has 4 aromatic rings. The Labute approximate surface area is 219 Å². The van der Waals surface area contributed by atoms with E-state index in [2.05, 4.69) is 29.9 Å². The first-order valence-corrected chi connectivity index (χ1v) is 12.2. The van der Waals surface area contributed by atoms with Crippen molar-refractivity contribution in [2.24, 2.45) is 0 Å². The monoisotopic (exact) mass is 542 g/mol. The number of aliphatic hydroxyl groups excluding tert-OH is 1. The van der Waals surface area contributed by atoms with Crippen molar-refractivity contribution in [3.63, 3.8) is 0 Å². The summed E-state index contributed by atoms with van der Waals surface area (Å²) >= 11 is 0. The van der Waals surface area contributed by atoms with Gasteiger partial charge in [0.15, 0.2) is 0 Å². The van der Waals surface area contributed by atoms with Crippen LogP contribution in [-0.4, -0.2) is 68.8 Å². The van der Waals surface area contributed by atoms with Crippen LogP contribution in [0.15, 0.2) is 58.0 Å². The van der Waals surface area contributed by atoms with Gasteiger partial charge in [0.2, 0.25) is 11.7 Å². The molecule has 0 aliphatic carbocycles. The molecule has 1 saturated heterocycles. The van der Waals surface area contributed by atoms with E-state index in [4.69, 9.17) is 0 Å². The normalized spacial score (nSPS) is 17.8. The maximum absolute atomic E-state index is 13.4. The van der Waals surface area contributed by atoms with E-state index in [1.54, 1.807) is 42.5 Å². The lowest BCUT2D eigenvalue weighted by Gasteiger charge is -2.31. The summed E-state index contributed by atoms with van der Waals surface area (Å²) < 4.78 is 43.5. The van der Waals surface area contributed by atoms with Gasteiger partial charge in [-0.1, -0.05) is 29.4 Å². The second-order valence-electron chi connectivity index (χ2n) is 9.47. The number of nitrogens with one attached hydrogen (secondary N) is 2. The number of halogens is 3. The number of aliphatic hydroxyl groups is 1. The Bertz CT molecular complexity index is 1550. The van der Waals surface area contributed by atoms with Crippen molar-refractivity contribution in [2.75, 3.05) is 26.7 Å². The molecule has 5 rings (SSSR count). The van der Waals surface area contributed by atoms with Gasteiger partial charge in [0.25, 0.3) is 5.56 Å². The number of H-pyrrole nitrogens is 1. The molecule has 1 unspecified atom stereocenters. The summed E-state index contributed by atoms with van der Waals surface area (Å²) in [6.45, 7) is 1.41. The lowest BCUT2D eigenvalue weighted by Crippen LogP contribution is -2.36. The maximum atomic E-state index is 13.4. The molecule has 2 aromatic carbocycles. The first-order chi connectivity index (χ1) is 18.6. The first-order valence-electron chi connectivity index (χ1n) is 12.2. The molecule has 204 valence electrons. The lowest BCUT2D eigenvalue weighted by atomic mass is 9.79. The Kier molecular flexibility index (Phi) is 7.19. The quantitative estimate of drug-likeness (QED) is 0.324. The van der Waals surface area contributed by atoms with Gasteiger partial charge in [0, 0.05) is 38.2 Å². The molecule has 0 saturated carbocycles. The standard InChI is InChI=1S/C26H25F3N6O4/c1-30-24(38)22(15-5-6-19-20(10-15)32-21(37)11-31-19)18(13-35-8-7-17(36)12-35)14-3-2-4-16(9-14)23-33-25(39-34-23)26(27,28)29/h2-6,9-11,17-18,22,36H,7-8,12-13H2,1H3,(H,30,38)(H,32,37)/t17-,18+,22?/m0/s1. The molecule has 0 spiro atoms. The van der Waals surface area contributed by atoms with Gasteiger partial charge >= 0.3 is 12.1 Å². The smallest absolute Gasteiger partial charge is 0.392 e. The number of hydrogen-bond acceptors (Lipinski definition) is 8. The van der Waals surface area contributed by atoms with Crippen molar-refractivity contribution < 1.29 is 27.6 Å². The average molecular weight is 543 g/mol. The molecule has 10 nitrogen and oxygen atoms in total. The van der Waals surface area contributed by atoms with Gasteiger partial charge in [-0.05, 0) is 35.7 Å². The number of fused-ring (bicyclic) bond motifs is 1. The number of amides is 1. The average Bonchev–Trinajstić information content (AvgIpc) is 3.57. The molecule has 3 atom stereocenters. The van der Waals surface area contributed by atoms with Crippen molar-refractivity contribution in [1.82, 2.24) is 30.3 Å². The summed E-state index contributed by atoms with van der Waals surface area (Å²) in [6.07, 6.45) is -3.51. The largest absolute Gasteiger partial charge is 0.471 e. The Balaban J connectivity index is 1.60. The van der Waals surface area contributed by atoms with E-state index in [0.717, 1.165) is 0 Å². The van der Waals surface area contributed by atoms with Gasteiger partial charge in [0.05, 0.1) is 29.3 Å². The van der Waals surface area contributed by atoms with Crippen LogP contribution in [-0.2, 0) is 11.0 Å². The number of aromatic nitrogens is 4. The molecule has 2 aromatic heterocycles. The minimum absolute atomic E-state index is 0.231. The number of carbonyl (C=O) groups is 1. The number of rotatable bonds is 7. The molecule has 13 heteroatoms. The summed E-state index contributed by atoms with van der Waals surface area (Å²) in [4.78, 5) is 37.7. The van der Waals surface area contributed by atoms with Gasteiger partial charge < -0.3 is 24.8 Å². The zero-order valence-corrected chi connectivity index (χ0v) is 20.8. The van der Waals surface area contributed by atoms with E-state index in [1.165, 1.54) is 13.2 Å². The van der Waals surface area contributed by atoms with Crippen LogP contribution in [0.25, 0.3) is 22.4 Å². The highest BCUT2D eigenvalue weighted by atomic mass is 19.4. The number of β-amino-alcohol motifs (C(OH)–C–C–N with tert-alkyl or cyclic N) is 1.